The summed E-state index contributed by atoms with van der Waals surface area (Å²) in [6.45, 7) is 0. The van der Waals surface area contributed by atoms with Crippen molar-refractivity contribution in [1.82, 2.24) is 4.98 Å². The maximum absolute atomic E-state index is 10.8. The third-order valence-corrected chi connectivity index (χ3v) is 2.19. The van der Waals surface area contributed by atoms with Gasteiger partial charge in [0, 0.05) is 5.69 Å². The second-order valence-corrected chi connectivity index (χ2v) is 3.27. The smallest absolute Gasteiger partial charge is 0.268 e. The molecular weight excluding hydrogens is 198 g/mol. The number of H-pyrrole nitrogens is 1. The van der Waals surface area contributed by atoms with Gasteiger partial charge in [-0.3, -0.25) is 4.79 Å². The number of aromatic nitrogens is 1. The third kappa shape index (κ3) is 1.70. The van der Waals surface area contributed by atoms with Crippen LogP contribution in [-0.2, 0) is 0 Å². The van der Waals surface area contributed by atoms with Crippen molar-refractivity contribution < 1.29 is 4.79 Å². The average molecular weight is 206 g/mol. The molecule has 0 saturated heterocycles. The first-order chi connectivity index (χ1) is 6.77. The summed E-state index contributed by atoms with van der Waals surface area (Å²) in [6.07, 6.45) is 0. The number of halogens is 1. The quantitative estimate of drug-likeness (QED) is 0.751. The van der Waals surface area contributed by atoms with E-state index in [-0.39, 0.29) is 0 Å². The van der Waals surface area contributed by atoms with Crippen molar-refractivity contribution in [2.24, 2.45) is 0 Å². The van der Waals surface area contributed by atoms with E-state index in [9.17, 15) is 4.79 Å². The lowest BCUT2D eigenvalue weighted by Gasteiger charge is -1.95. The van der Waals surface area contributed by atoms with Gasteiger partial charge in [0.05, 0.1) is 5.69 Å². The van der Waals surface area contributed by atoms with Crippen molar-refractivity contribution in [1.29, 1.82) is 0 Å². The van der Waals surface area contributed by atoms with Gasteiger partial charge in [-0.25, -0.2) is 0 Å². The maximum atomic E-state index is 10.8. The van der Waals surface area contributed by atoms with Crippen LogP contribution in [0.3, 0.4) is 0 Å². The highest BCUT2D eigenvalue weighted by molar-refractivity contribution is 6.67. The van der Waals surface area contributed by atoms with Gasteiger partial charge in [0.2, 0.25) is 0 Å². The van der Waals surface area contributed by atoms with Crippen LogP contribution in [0.5, 0.6) is 0 Å². The fourth-order valence-corrected chi connectivity index (χ4v) is 1.41. The standard InChI is InChI=1S/C11H8ClNO/c12-11(14)10-7-6-9(13-10)8-4-2-1-3-5-8/h1-7,13H. The first-order valence-electron chi connectivity index (χ1n) is 4.21. The maximum Gasteiger partial charge on any atom is 0.268 e. The molecule has 2 nitrogen and oxygen atoms in total. The fraction of sp³-hybridized carbons (Fsp3) is 0. The zero-order valence-corrected chi connectivity index (χ0v) is 8.08. The van der Waals surface area contributed by atoms with Crippen molar-refractivity contribution in [2.75, 3.05) is 0 Å². The number of carbonyl (C=O) groups excluding carboxylic acids is 1. The minimum Gasteiger partial charge on any atom is -0.351 e. The van der Waals surface area contributed by atoms with E-state index in [1.165, 1.54) is 0 Å². The SMILES string of the molecule is O=C(Cl)c1ccc(-c2ccccc2)[nH]1. The van der Waals surface area contributed by atoms with Crippen LogP contribution in [0, 0.1) is 0 Å². The summed E-state index contributed by atoms with van der Waals surface area (Å²) in [5.41, 5.74) is 2.36. The first-order valence-corrected chi connectivity index (χ1v) is 4.59. The molecule has 0 amide bonds. The van der Waals surface area contributed by atoms with Gasteiger partial charge in [0.25, 0.3) is 5.24 Å². The van der Waals surface area contributed by atoms with Gasteiger partial charge in [-0.05, 0) is 29.3 Å². The van der Waals surface area contributed by atoms with E-state index < -0.39 is 5.24 Å². The molecule has 0 radical (unpaired) electrons. The number of hydrogen-bond donors (Lipinski definition) is 1. The number of benzene rings is 1. The Morgan fingerprint density at radius 3 is 2.36 bits per heavy atom. The predicted octanol–water partition coefficient (Wildman–Crippen LogP) is 3.06. The normalized spacial score (nSPS) is 10.1. The molecule has 1 aromatic heterocycles. The molecular formula is C11H8ClNO. The van der Waals surface area contributed by atoms with E-state index >= 15 is 0 Å². The molecule has 0 aliphatic carbocycles. The number of aromatic amines is 1. The fourth-order valence-electron chi connectivity index (χ4n) is 1.30. The summed E-state index contributed by atoms with van der Waals surface area (Å²) in [5, 5.41) is -0.466. The highest BCUT2D eigenvalue weighted by atomic mass is 35.5. The second-order valence-electron chi connectivity index (χ2n) is 2.93. The van der Waals surface area contributed by atoms with Crippen LogP contribution in [0.2, 0.25) is 0 Å². The lowest BCUT2D eigenvalue weighted by Crippen LogP contribution is -1.87. The Kier molecular flexibility index (Phi) is 2.37. The Morgan fingerprint density at radius 2 is 1.79 bits per heavy atom. The first kappa shape index (κ1) is 9.03. The lowest BCUT2D eigenvalue weighted by atomic mass is 10.2. The van der Waals surface area contributed by atoms with Crippen molar-refractivity contribution >= 4 is 16.8 Å². The molecule has 0 saturated carbocycles. The molecule has 0 bridgehead atoms. The molecule has 2 rings (SSSR count). The van der Waals surface area contributed by atoms with Crippen LogP contribution in [0.15, 0.2) is 42.5 Å². The van der Waals surface area contributed by atoms with Crippen molar-refractivity contribution in [3.05, 3.63) is 48.2 Å². The van der Waals surface area contributed by atoms with Crippen molar-refractivity contribution in [3.63, 3.8) is 0 Å². The van der Waals surface area contributed by atoms with Gasteiger partial charge in [0.1, 0.15) is 0 Å². The molecule has 14 heavy (non-hydrogen) atoms. The molecule has 0 spiro atoms. The Morgan fingerprint density at radius 1 is 1.07 bits per heavy atom. The summed E-state index contributed by atoms with van der Waals surface area (Å²) in [7, 11) is 0. The van der Waals surface area contributed by atoms with Crippen LogP contribution in [0.25, 0.3) is 11.3 Å². The van der Waals surface area contributed by atoms with E-state index in [1.54, 1.807) is 6.07 Å². The zero-order chi connectivity index (χ0) is 9.97. The molecule has 70 valence electrons. The van der Waals surface area contributed by atoms with Crippen molar-refractivity contribution in [3.8, 4) is 11.3 Å². The van der Waals surface area contributed by atoms with Crippen LogP contribution in [-0.4, -0.2) is 10.2 Å². The van der Waals surface area contributed by atoms with E-state index in [0.717, 1.165) is 11.3 Å². The van der Waals surface area contributed by atoms with Crippen LogP contribution < -0.4 is 0 Å². The molecule has 0 unspecified atom stereocenters. The Balaban J connectivity index is 2.39. The average Bonchev–Trinajstić information content (AvgIpc) is 2.68. The zero-order valence-electron chi connectivity index (χ0n) is 7.33. The number of rotatable bonds is 2. The summed E-state index contributed by atoms with van der Waals surface area (Å²) in [5.74, 6) is 0. The monoisotopic (exact) mass is 205 g/mol. The minimum atomic E-state index is -0.466. The third-order valence-electron chi connectivity index (χ3n) is 1.98. The van der Waals surface area contributed by atoms with Crippen molar-refractivity contribution in [2.45, 2.75) is 0 Å². The van der Waals surface area contributed by atoms with Gasteiger partial charge < -0.3 is 4.98 Å². The summed E-state index contributed by atoms with van der Waals surface area (Å²) >= 11 is 5.33. The van der Waals surface area contributed by atoms with Gasteiger partial charge in [-0.15, -0.1) is 0 Å². The molecule has 0 aliphatic rings. The second kappa shape index (κ2) is 3.68. The summed E-state index contributed by atoms with van der Waals surface area (Å²) < 4.78 is 0. The van der Waals surface area contributed by atoms with Gasteiger partial charge in [-0.1, -0.05) is 30.3 Å². The molecule has 2 aromatic rings. The van der Waals surface area contributed by atoms with E-state index in [2.05, 4.69) is 4.98 Å². The molecule has 3 heteroatoms. The Labute approximate surface area is 86.5 Å². The van der Waals surface area contributed by atoms with Gasteiger partial charge >= 0.3 is 0 Å². The van der Waals surface area contributed by atoms with Crippen LogP contribution >= 0.6 is 11.6 Å². The minimum absolute atomic E-state index is 0.422. The van der Waals surface area contributed by atoms with E-state index in [0.29, 0.717) is 5.69 Å². The number of nitrogens with one attached hydrogen (secondary N) is 1. The van der Waals surface area contributed by atoms with Crippen LogP contribution in [0.1, 0.15) is 10.5 Å². The summed E-state index contributed by atoms with van der Waals surface area (Å²) in [4.78, 5) is 13.8. The van der Waals surface area contributed by atoms with Gasteiger partial charge in [0.15, 0.2) is 0 Å². The van der Waals surface area contributed by atoms with E-state index in [4.69, 9.17) is 11.6 Å². The Bertz CT molecular complexity index is 447. The predicted molar refractivity (Wildman–Crippen MR) is 56.4 cm³/mol. The molecule has 1 aromatic carbocycles. The lowest BCUT2D eigenvalue weighted by molar-refractivity contribution is 0.107. The van der Waals surface area contributed by atoms with Crippen LogP contribution in [0.4, 0.5) is 0 Å². The molecule has 0 aliphatic heterocycles. The van der Waals surface area contributed by atoms with E-state index in [1.807, 2.05) is 36.4 Å². The Hall–Kier alpha value is -1.54. The highest BCUT2D eigenvalue weighted by Gasteiger charge is 2.05. The molecule has 0 fully saturated rings. The summed E-state index contributed by atoms with van der Waals surface area (Å²) in [6, 6.07) is 13.3. The number of hydrogen-bond acceptors (Lipinski definition) is 1. The number of carbonyl (C=O) groups is 1. The molecule has 1 heterocycles. The molecule has 1 N–H and O–H groups in total. The largest absolute Gasteiger partial charge is 0.351 e. The topological polar surface area (TPSA) is 32.9 Å². The highest BCUT2D eigenvalue weighted by Crippen LogP contribution is 2.18. The van der Waals surface area contributed by atoms with Gasteiger partial charge in [-0.2, -0.15) is 0 Å². The molecule has 0 atom stereocenters.